The fourth-order valence-corrected chi connectivity index (χ4v) is 1.89. The van der Waals surface area contributed by atoms with Crippen LogP contribution in [0.4, 0.5) is 5.69 Å². The monoisotopic (exact) mass is 209 g/mol. The lowest BCUT2D eigenvalue weighted by Gasteiger charge is -2.33. The van der Waals surface area contributed by atoms with Crippen LogP contribution in [0.3, 0.4) is 0 Å². The molecule has 2 rings (SSSR count). The first-order chi connectivity index (χ1) is 6.65. The summed E-state index contributed by atoms with van der Waals surface area (Å²) in [5.41, 5.74) is 1.57. The van der Waals surface area contributed by atoms with Crippen LogP contribution in [0.1, 0.15) is 19.4 Å². The summed E-state index contributed by atoms with van der Waals surface area (Å²) >= 11 is 5.93. The molecule has 1 aliphatic heterocycles. The van der Waals surface area contributed by atoms with E-state index >= 15 is 0 Å². The summed E-state index contributed by atoms with van der Waals surface area (Å²) in [6, 6.07) is 7.93. The number of halogens is 1. The molecule has 0 radical (unpaired) electrons. The maximum absolute atomic E-state index is 5.93. The molecule has 1 aliphatic rings. The van der Waals surface area contributed by atoms with E-state index in [0.29, 0.717) is 11.8 Å². The number of hydrogen-bond acceptors (Lipinski definition) is 2. The largest absolute Gasteiger partial charge is 0.469 e. The number of aliphatic imine (C=N–C) groups is 1. The average Bonchev–Trinajstić information content (AvgIpc) is 2.17. The smallest absolute Gasteiger partial charge is 0.186 e. The second-order valence-corrected chi connectivity index (χ2v) is 3.88. The van der Waals surface area contributed by atoms with E-state index in [2.05, 4.69) is 4.99 Å². The van der Waals surface area contributed by atoms with E-state index in [1.54, 1.807) is 0 Å². The van der Waals surface area contributed by atoms with Crippen molar-refractivity contribution in [2.75, 3.05) is 5.88 Å². The van der Waals surface area contributed by atoms with E-state index in [1.165, 1.54) is 0 Å². The van der Waals surface area contributed by atoms with Gasteiger partial charge in [-0.25, -0.2) is 4.99 Å². The molecule has 1 unspecified atom stereocenters. The highest BCUT2D eigenvalue weighted by molar-refractivity contribution is 6.18. The van der Waals surface area contributed by atoms with Gasteiger partial charge in [-0.15, -0.1) is 11.6 Å². The first-order valence-corrected chi connectivity index (χ1v) is 5.09. The number of benzene rings is 1. The van der Waals surface area contributed by atoms with Crippen molar-refractivity contribution in [2.24, 2.45) is 4.99 Å². The quantitative estimate of drug-likeness (QED) is 0.651. The van der Waals surface area contributed by atoms with Gasteiger partial charge >= 0.3 is 0 Å². The Balaban J connectivity index is 2.59. The number of hydrogen-bond donors (Lipinski definition) is 0. The molecule has 1 aromatic rings. The highest BCUT2D eigenvalue weighted by Crippen LogP contribution is 2.37. The van der Waals surface area contributed by atoms with Gasteiger partial charge in [0.25, 0.3) is 0 Å². The van der Waals surface area contributed by atoms with E-state index in [0.717, 1.165) is 11.3 Å². The summed E-state index contributed by atoms with van der Waals surface area (Å²) in [5.74, 6) is 1.10. The predicted molar refractivity (Wildman–Crippen MR) is 58.4 cm³/mol. The zero-order valence-corrected chi connectivity index (χ0v) is 9.01. The predicted octanol–water partition coefficient (Wildman–Crippen LogP) is 3.22. The Labute approximate surface area is 88.6 Å². The fraction of sp³-hybridized carbons (Fsp3) is 0.364. The summed E-state index contributed by atoms with van der Waals surface area (Å²) < 4.78 is 5.67. The molecular weight excluding hydrogens is 198 g/mol. The number of nitrogens with zero attached hydrogens (tertiary/aromatic N) is 1. The molecule has 1 atom stereocenters. The summed E-state index contributed by atoms with van der Waals surface area (Å²) in [4.78, 5) is 4.32. The van der Waals surface area contributed by atoms with Crippen LogP contribution in [0.2, 0.25) is 0 Å². The van der Waals surface area contributed by atoms with Crippen LogP contribution in [0.5, 0.6) is 0 Å². The Bertz CT molecular complexity index is 389. The summed E-state index contributed by atoms with van der Waals surface area (Å²) in [6.07, 6.45) is 0. The van der Waals surface area contributed by atoms with Crippen LogP contribution in [0.15, 0.2) is 29.3 Å². The highest BCUT2D eigenvalue weighted by Gasteiger charge is 2.33. The third kappa shape index (κ3) is 1.40. The van der Waals surface area contributed by atoms with Gasteiger partial charge in [-0.2, -0.15) is 0 Å². The molecule has 74 valence electrons. The number of fused-ring (bicyclic) bond motifs is 1. The minimum Gasteiger partial charge on any atom is -0.469 e. The van der Waals surface area contributed by atoms with Gasteiger partial charge in [0.05, 0.1) is 11.6 Å². The van der Waals surface area contributed by atoms with Crippen molar-refractivity contribution in [3.63, 3.8) is 0 Å². The van der Waals surface area contributed by atoms with Gasteiger partial charge in [0, 0.05) is 12.5 Å². The lowest BCUT2D eigenvalue weighted by atomic mass is 9.95. The van der Waals surface area contributed by atoms with Crippen LogP contribution in [-0.4, -0.2) is 11.8 Å². The Kier molecular flexibility index (Phi) is 2.23. The molecule has 2 nitrogen and oxygen atoms in total. The number of para-hydroxylation sites is 1. The molecule has 0 saturated carbocycles. The average molecular weight is 210 g/mol. The molecule has 0 amide bonds. The summed E-state index contributed by atoms with van der Waals surface area (Å²) in [7, 11) is 0. The van der Waals surface area contributed by atoms with Gasteiger partial charge in [-0.05, 0) is 13.0 Å². The maximum Gasteiger partial charge on any atom is 0.186 e. The van der Waals surface area contributed by atoms with E-state index < -0.39 is 5.60 Å². The third-order valence-corrected chi connectivity index (χ3v) is 2.89. The van der Waals surface area contributed by atoms with Crippen molar-refractivity contribution in [3.05, 3.63) is 29.8 Å². The van der Waals surface area contributed by atoms with Crippen LogP contribution in [0, 0.1) is 0 Å². The molecule has 0 N–H and O–H groups in total. The molecule has 3 heteroatoms. The molecule has 1 aromatic carbocycles. The third-order valence-electron chi connectivity index (χ3n) is 2.38. The zero-order chi connectivity index (χ0) is 10.2. The SMILES string of the molecule is CC1=Nc2ccccc2C(C)(CCl)O1. The topological polar surface area (TPSA) is 21.6 Å². The minimum atomic E-state index is -0.440. The number of rotatable bonds is 1. The van der Waals surface area contributed by atoms with Gasteiger partial charge in [0.2, 0.25) is 0 Å². The Morgan fingerprint density at radius 2 is 2.14 bits per heavy atom. The van der Waals surface area contributed by atoms with Crippen molar-refractivity contribution in [2.45, 2.75) is 19.4 Å². The first kappa shape index (κ1) is 9.53. The Morgan fingerprint density at radius 3 is 2.86 bits per heavy atom. The standard InChI is InChI=1S/C11H12ClNO/c1-8-13-10-6-4-3-5-9(10)11(2,7-12)14-8/h3-6H,7H2,1-2H3. The fourth-order valence-electron chi connectivity index (χ4n) is 1.69. The van der Waals surface area contributed by atoms with Crippen LogP contribution >= 0.6 is 11.6 Å². The van der Waals surface area contributed by atoms with Crippen molar-refractivity contribution in [1.29, 1.82) is 0 Å². The molecule has 0 fully saturated rings. The maximum atomic E-state index is 5.93. The van der Waals surface area contributed by atoms with Gasteiger partial charge in [0.15, 0.2) is 5.90 Å². The van der Waals surface area contributed by atoms with E-state index in [-0.39, 0.29) is 0 Å². The molecule has 0 aromatic heterocycles. The van der Waals surface area contributed by atoms with Crippen molar-refractivity contribution < 1.29 is 4.74 Å². The molecule has 14 heavy (non-hydrogen) atoms. The summed E-state index contributed by atoms with van der Waals surface area (Å²) in [5, 5.41) is 0. The van der Waals surface area contributed by atoms with E-state index in [4.69, 9.17) is 16.3 Å². The van der Waals surface area contributed by atoms with Gasteiger partial charge in [-0.1, -0.05) is 18.2 Å². The highest BCUT2D eigenvalue weighted by atomic mass is 35.5. The lowest BCUT2D eigenvalue weighted by molar-refractivity contribution is 0.0929. The van der Waals surface area contributed by atoms with Crippen LogP contribution in [-0.2, 0) is 10.3 Å². The van der Waals surface area contributed by atoms with Crippen LogP contribution in [0.25, 0.3) is 0 Å². The molecule has 0 spiro atoms. The lowest BCUT2D eigenvalue weighted by Crippen LogP contribution is -2.32. The molecule has 0 saturated heterocycles. The summed E-state index contributed by atoms with van der Waals surface area (Å²) in [6.45, 7) is 3.83. The van der Waals surface area contributed by atoms with Gasteiger partial charge in [0.1, 0.15) is 5.60 Å². The van der Waals surface area contributed by atoms with Crippen molar-refractivity contribution >= 4 is 23.2 Å². The second kappa shape index (κ2) is 3.28. The Morgan fingerprint density at radius 1 is 1.43 bits per heavy atom. The first-order valence-electron chi connectivity index (χ1n) is 4.55. The number of alkyl halides is 1. The van der Waals surface area contributed by atoms with Crippen LogP contribution < -0.4 is 0 Å². The molecule has 0 bridgehead atoms. The molecule has 0 aliphatic carbocycles. The normalized spacial score (nSPS) is 24.9. The molecular formula is C11H12ClNO. The minimum absolute atomic E-state index is 0.427. The van der Waals surface area contributed by atoms with E-state index in [1.807, 2.05) is 38.1 Å². The Hall–Kier alpha value is -1.02. The zero-order valence-electron chi connectivity index (χ0n) is 8.25. The van der Waals surface area contributed by atoms with E-state index in [9.17, 15) is 0 Å². The van der Waals surface area contributed by atoms with Crippen molar-refractivity contribution in [1.82, 2.24) is 0 Å². The van der Waals surface area contributed by atoms with Gasteiger partial charge < -0.3 is 4.74 Å². The van der Waals surface area contributed by atoms with Crippen molar-refractivity contribution in [3.8, 4) is 0 Å². The van der Waals surface area contributed by atoms with Gasteiger partial charge in [-0.3, -0.25) is 0 Å². The number of ether oxygens (including phenoxy) is 1. The molecule has 1 heterocycles. The second-order valence-electron chi connectivity index (χ2n) is 3.61.